The van der Waals surface area contributed by atoms with Crippen LogP contribution in [0.3, 0.4) is 0 Å². The van der Waals surface area contributed by atoms with Gasteiger partial charge in [-0.3, -0.25) is 9.11 Å². The number of carboxylic acid groups (broad SMARTS) is 2. The van der Waals surface area contributed by atoms with Gasteiger partial charge in [-0.1, -0.05) is 12.1 Å². The Labute approximate surface area is 190 Å². The Kier molecular flexibility index (Phi) is 6.78. The van der Waals surface area contributed by atoms with Crippen molar-refractivity contribution in [3.05, 3.63) is 58.7 Å². The zero-order valence-corrected chi connectivity index (χ0v) is 17.9. The Morgan fingerprint density at radius 2 is 0.914 bits per heavy atom. The first kappa shape index (κ1) is 28.0. The molecule has 0 fully saturated rings. The molecule has 0 bridgehead atoms. The van der Waals surface area contributed by atoms with Crippen molar-refractivity contribution in [2.24, 2.45) is 0 Å². The topological polar surface area (TPSA) is 183 Å². The molecule has 0 unspecified atom stereocenters. The number of carbonyl (C=O) groups is 2. The van der Waals surface area contributed by atoms with Gasteiger partial charge in [-0.25, -0.2) is 9.59 Å². The number of benzene rings is 2. The highest BCUT2D eigenvalue weighted by atomic mass is 32.2. The Balaban J connectivity index is 3.21. The van der Waals surface area contributed by atoms with Gasteiger partial charge in [-0.2, -0.15) is 43.2 Å². The number of carboxylic acids is 2. The van der Waals surface area contributed by atoms with Crippen LogP contribution in [-0.2, 0) is 25.7 Å². The van der Waals surface area contributed by atoms with E-state index in [1.165, 1.54) is 0 Å². The van der Waals surface area contributed by atoms with E-state index in [-0.39, 0.29) is 24.3 Å². The van der Waals surface area contributed by atoms with Crippen LogP contribution in [-0.4, -0.2) is 60.4 Å². The summed E-state index contributed by atoms with van der Waals surface area (Å²) in [5.41, 5.74) is -12.1. The van der Waals surface area contributed by atoms with Gasteiger partial charge in [-0.15, -0.1) is 0 Å². The third kappa shape index (κ3) is 4.81. The van der Waals surface area contributed by atoms with E-state index in [4.69, 9.17) is 10.2 Å². The van der Waals surface area contributed by atoms with Crippen LogP contribution in [0.5, 0.6) is 0 Å². The van der Waals surface area contributed by atoms with Crippen molar-refractivity contribution in [3.8, 4) is 0 Å². The van der Waals surface area contributed by atoms with Gasteiger partial charge in [0.1, 0.15) is 9.79 Å². The van der Waals surface area contributed by atoms with E-state index in [9.17, 15) is 61.9 Å². The van der Waals surface area contributed by atoms with Gasteiger partial charge in [0.05, 0.1) is 11.1 Å². The normalized spacial score (nSPS) is 13.5. The highest BCUT2D eigenvalue weighted by Crippen LogP contribution is 2.56. The van der Waals surface area contributed by atoms with Crippen molar-refractivity contribution in [3.63, 3.8) is 0 Å². The number of hydrogen-bond donors (Lipinski definition) is 4. The van der Waals surface area contributed by atoms with Crippen LogP contribution in [0.25, 0.3) is 0 Å². The summed E-state index contributed by atoms with van der Waals surface area (Å²) in [6.07, 6.45) is -12.9. The molecular weight excluding hydrogens is 542 g/mol. The van der Waals surface area contributed by atoms with Crippen LogP contribution in [0.4, 0.5) is 26.3 Å². The van der Waals surface area contributed by atoms with E-state index in [2.05, 4.69) is 0 Å². The second-order valence-corrected chi connectivity index (χ2v) is 9.51. The largest absolute Gasteiger partial charge is 0.478 e. The second kappa shape index (κ2) is 8.47. The van der Waals surface area contributed by atoms with Crippen molar-refractivity contribution < 1.29 is 72.1 Å². The summed E-state index contributed by atoms with van der Waals surface area (Å²) < 4.78 is 150. The van der Waals surface area contributed by atoms with Gasteiger partial charge < -0.3 is 10.2 Å². The molecule has 2 aromatic carbocycles. The van der Waals surface area contributed by atoms with E-state index in [0.29, 0.717) is 0 Å². The molecule has 0 radical (unpaired) electrons. The summed E-state index contributed by atoms with van der Waals surface area (Å²) in [4.78, 5) is 18.7. The fourth-order valence-corrected chi connectivity index (χ4v) is 4.69. The average Bonchev–Trinajstić information content (AvgIpc) is 2.64. The van der Waals surface area contributed by atoms with E-state index in [1.54, 1.807) is 0 Å². The molecule has 0 aliphatic heterocycles. The predicted octanol–water partition coefficient (Wildman–Crippen LogP) is 2.99. The molecule has 0 atom stereocenters. The molecule has 0 amide bonds. The Morgan fingerprint density at radius 3 is 1.11 bits per heavy atom. The van der Waals surface area contributed by atoms with Crippen LogP contribution < -0.4 is 0 Å². The molecule has 0 spiro atoms. The summed E-state index contributed by atoms with van der Waals surface area (Å²) in [5.74, 6) is -4.29. The van der Waals surface area contributed by atoms with Crippen LogP contribution >= 0.6 is 0 Å². The number of rotatable bonds is 6. The first-order chi connectivity index (χ1) is 15.6. The average molecular weight is 552 g/mol. The lowest BCUT2D eigenvalue weighted by atomic mass is 9.72. The first-order valence-electron chi connectivity index (χ1n) is 8.41. The summed E-state index contributed by atoms with van der Waals surface area (Å²) in [6, 6.07) is -0.921. The van der Waals surface area contributed by atoms with E-state index in [1.807, 2.05) is 0 Å². The van der Waals surface area contributed by atoms with Crippen LogP contribution in [0.1, 0.15) is 31.8 Å². The van der Waals surface area contributed by atoms with E-state index >= 15 is 0 Å². The maximum Gasteiger partial charge on any atom is 0.411 e. The minimum Gasteiger partial charge on any atom is -0.478 e. The predicted molar refractivity (Wildman–Crippen MR) is 99.3 cm³/mol. The molecule has 4 N–H and O–H groups in total. The zero-order chi connectivity index (χ0) is 27.4. The number of aromatic carboxylic acids is 2. The third-order valence-corrected chi connectivity index (χ3v) is 6.48. The second-order valence-electron chi connectivity index (χ2n) is 6.73. The Bertz CT molecular complexity index is 1320. The standard InChI is InChI=1S/C17H10F6O10S2/c18-16(19,20)15(17(21,22)23,7-1-3-9(13(24)25)11(5-7)34(28,29)30)8-2-4-10(14(26)27)12(6-8)35(31,32)33/h1-6H,(H,24,25)(H,26,27)(H,28,29,30)(H,31,32,33). The highest BCUT2D eigenvalue weighted by molar-refractivity contribution is 7.86. The van der Waals surface area contributed by atoms with E-state index in [0.717, 1.165) is 0 Å². The SMILES string of the molecule is O=C(O)c1ccc(C(c2ccc(C(=O)O)c(S(=O)(=O)O)c2)(C(F)(F)F)C(F)(F)F)cc1S(=O)(=O)O. The zero-order valence-electron chi connectivity index (χ0n) is 16.3. The molecule has 0 aliphatic carbocycles. The first-order valence-corrected chi connectivity index (χ1v) is 11.3. The maximum absolute atomic E-state index is 14.2. The quantitative estimate of drug-likeness (QED) is 0.307. The Hall–Kier alpha value is -3.22. The van der Waals surface area contributed by atoms with E-state index < -0.39 is 94.1 Å². The van der Waals surface area contributed by atoms with Crippen molar-refractivity contribution in [2.45, 2.75) is 27.6 Å². The van der Waals surface area contributed by atoms with Gasteiger partial charge in [0, 0.05) is 0 Å². The highest BCUT2D eigenvalue weighted by Gasteiger charge is 2.72. The van der Waals surface area contributed by atoms with Gasteiger partial charge in [0.2, 0.25) is 5.41 Å². The van der Waals surface area contributed by atoms with Crippen molar-refractivity contribution >= 4 is 32.2 Å². The van der Waals surface area contributed by atoms with Crippen molar-refractivity contribution in [2.75, 3.05) is 0 Å². The third-order valence-electron chi connectivity index (χ3n) is 4.70. The molecule has 2 rings (SSSR count). The van der Waals surface area contributed by atoms with Gasteiger partial charge >= 0.3 is 24.3 Å². The molecule has 18 heteroatoms. The molecule has 35 heavy (non-hydrogen) atoms. The summed E-state index contributed by atoms with van der Waals surface area (Å²) in [5, 5.41) is 18.0. The van der Waals surface area contributed by atoms with Gasteiger partial charge in [0.25, 0.3) is 20.2 Å². The van der Waals surface area contributed by atoms with Gasteiger partial charge in [-0.05, 0) is 35.4 Å². The minimum absolute atomic E-state index is 0.0301. The van der Waals surface area contributed by atoms with Crippen molar-refractivity contribution in [1.82, 2.24) is 0 Å². The van der Waals surface area contributed by atoms with Crippen LogP contribution in [0.2, 0.25) is 0 Å². The molecule has 0 heterocycles. The smallest absolute Gasteiger partial charge is 0.411 e. The number of alkyl halides is 6. The molecule has 0 aliphatic rings. The molecule has 0 saturated heterocycles. The van der Waals surface area contributed by atoms with Gasteiger partial charge in [0.15, 0.2) is 0 Å². The lowest BCUT2D eigenvalue weighted by molar-refractivity contribution is -0.288. The van der Waals surface area contributed by atoms with Crippen LogP contribution in [0, 0.1) is 0 Å². The number of halogens is 6. The molecule has 0 aromatic heterocycles. The van der Waals surface area contributed by atoms with Crippen LogP contribution in [0.15, 0.2) is 46.2 Å². The summed E-state index contributed by atoms with van der Waals surface area (Å²) in [6.45, 7) is 0. The fourth-order valence-electron chi connectivity index (χ4n) is 3.27. The monoisotopic (exact) mass is 552 g/mol. The molecule has 10 nitrogen and oxygen atoms in total. The molecule has 192 valence electrons. The molecular formula is C17H10F6O10S2. The Morgan fingerprint density at radius 1 is 0.629 bits per heavy atom. The molecule has 2 aromatic rings. The molecule has 0 saturated carbocycles. The summed E-state index contributed by atoms with van der Waals surface area (Å²) >= 11 is 0. The lowest BCUT2D eigenvalue weighted by Gasteiger charge is -2.38. The number of hydrogen-bond acceptors (Lipinski definition) is 6. The summed E-state index contributed by atoms with van der Waals surface area (Å²) in [7, 11) is -11.4. The lowest BCUT2D eigenvalue weighted by Crippen LogP contribution is -2.55. The van der Waals surface area contributed by atoms with Crippen molar-refractivity contribution in [1.29, 1.82) is 0 Å². The minimum atomic E-state index is -6.46. The fraction of sp³-hybridized carbons (Fsp3) is 0.176. The maximum atomic E-state index is 14.2.